The molecule has 0 spiro atoms. The van der Waals surface area contributed by atoms with Crippen molar-refractivity contribution in [2.45, 2.75) is 20.3 Å². The molecule has 1 aliphatic heterocycles. The molecule has 1 aliphatic rings. The summed E-state index contributed by atoms with van der Waals surface area (Å²) in [6, 6.07) is 3.71. The minimum absolute atomic E-state index is 0.339. The number of carbonyl (C=O) groups excluding carboxylic acids is 1. The molecular formula is C15H23N3O2. The van der Waals surface area contributed by atoms with Crippen LogP contribution in [0.25, 0.3) is 0 Å². The highest BCUT2D eigenvalue weighted by molar-refractivity contribution is 5.87. The molecule has 0 aromatic carbocycles. The molecule has 0 aliphatic carbocycles. The number of rotatable bonds is 5. The number of aromatic nitrogens is 1. The second kappa shape index (κ2) is 7.24. The van der Waals surface area contributed by atoms with Gasteiger partial charge >= 0.3 is 5.97 Å². The van der Waals surface area contributed by atoms with Crippen molar-refractivity contribution in [1.82, 2.24) is 9.88 Å². The van der Waals surface area contributed by atoms with E-state index in [0.29, 0.717) is 12.3 Å². The first kappa shape index (κ1) is 14.8. The molecule has 0 unspecified atom stereocenters. The fourth-order valence-corrected chi connectivity index (χ4v) is 2.28. The minimum Gasteiger partial charge on any atom is -0.461 e. The van der Waals surface area contributed by atoms with E-state index in [2.05, 4.69) is 21.7 Å². The van der Waals surface area contributed by atoms with Crippen LogP contribution in [-0.4, -0.2) is 55.2 Å². The first-order valence-corrected chi connectivity index (χ1v) is 7.35. The Morgan fingerprint density at radius 2 is 2.00 bits per heavy atom. The molecule has 0 N–H and O–H groups in total. The molecule has 1 aromatic heterocycles. The van der Waals surface area contributed by atoms with Gasteiger partial charge in [0.2, 0.25) is 0 Å². The van der Waals surface area contributed by atoms with Crippen LogP contribution in [0.15, 0.2) is 18.3 Å². The zero-order chi connectivity index (χ0) is 14.4. The van der Waals surface area contributed by atoms with Gasteiger partial charge in [0.25, 0.3) is 0 Å². The van der Waals surface area contributed by atoms with Crippen LogP contribution < -0.4 is 4.90 Å². The molecule has 1 saturated heterocycles. The summed E-state index contributed by atoms with van der Waals surface area (Å²) < 4.78 is 5.07. The topological polar surface area (TPSA) is 45.7 Å². The highest BCUT2D eigenvalue weighted by Crippen LogP contribution is 2.15. The highest BCUT2D eigenvalue weighted by atomic mass is 16.5. The number of likely N-dealkylation sites (N-methyl/N-ethyl adjacent to an activating group) is 1. The van der Waals surface area contributed by atoms with Gasteiger partial charge in [0.15, 0.2) is 0 Å². The number of pyridine rings is 1. The summed E-state index contributed by atoms with van der Waals surface area (Å²) in [5.41, 5.74) is 1.46. The third-order valence-corrected chi connectivity index (χ3v) is 3.58. The molecule has 1 fully saturated rings. The number of anilines is 1. The average molecular weight is 277 g/mol. The van der Waals surface area contributed by atoms with E-state index in [1.807, 2.05) is 13.0 Å². The Labute approximate surface area is 120 Å². The number of ether oxygens (including phenoxy) is 1. The van der Waals surface area contributed by atoms with Crippen molar-refractivity contribution in [1.29, 1.82) is 0 Å². The maximum absolute atomic E-state index is 11.7. The van der Waals surface area contributed by atoms with Crippen LogP contribution in [0.4, 0.5) is 5.69 Å². The van der Waals surface area contributed by atoms with E-state index in [1.165, 1.54) is 0 Å². The van der Waals surface area contributed by atoms with Crippen molar-refractivity contribution >= 4 is 11.7 Å². The minimum atomic E-state index is -0.339. The van der Waals surface area contributed by atoms with Crippen LogP contribution in [0.5, 0.6) is 0 Å². The van der Waals surface area contributed by atoms with Crippen LogP contribution in [0.1, 0.15) is 30.8 Å². The van der Waals surface area contributed by atoms with Crippen molar-refractivity contribution in [3.05, 3.63) is 24.0 Å². The predicted octanol–water partition coefficient (Wildman–Crippen LogP) is 1.79. The van der Waals surface area contributed by atoms with Crippen molar-refractivity contribution in [2.24, 2.45) is 0 Å². The summed E-state index contributed by atoms with van der Waals surface area (Å²) in [7, 11) is 0. The maximum Gasteiger partial charge on any atom is 0.356 e. The van der Waals surface area contributed by atoms with Gasteiger partial charge in [0.1, 0.15) is 5.69 Å². The summed E-state index contributed by atoms with van der Waals surface area (Å²) in [5, 5.41) is 0. The Kier molecular flexibility index (Phi) is 5.35. The number of hydrogen-bond donors (Lipinski definition) is 0. The van der Waals surface area contributed by atoms with Gasteiger partial charge in [-0.15, -0.1) is 0 Å². The molecule has 5 nitrogen and oxygen atoms in total. The fraction of sp³-hybridized carbons (Fsp3) is 0.600. The first-order valence-electron chi connectivity index (χ1n) is 7.35. The van der Waals surface area contributed by atoms with Gasteiger partial charge in [0, 0.05) is 26.2 Å². The third kappa shape index (κ3) is 3.70. The van der Waals surface area contributed by atoms with Crippen molar-refractivity contribution in [3.63, 3.8) is 0 Å². The van der Waals surface area contributed by atoms with Gasteiger partial charge in [-0.05, 0) is 25.1 Å². The molecule has 0 saturated carbocycles. The molecule has 0 atom stereocenters. The highest BCUT2D eigenvalue weighted by Gasteiger charge is 2.16. The smallest absolute Gasteiger partial charge is 0.356 e. The first-order chi connectivity index (χ1) is 9.74. The van der Waals surface area contributed by atoms with E-state index >= 15 is 0 Å². The van der Waals surface area contributed by atoms with Crippen LogP contribution in [-0.2, 0) is 4.74 Å². The van der Waals surface area contributed by atoms with Gasteiger partial charge < -0.3 is 14.5 Å². The average Bonchev–Trinajstić information content (AvgIpc) is 2.53. The molecular weight excluding hydrogens is 254 g/mol. The largest absolute Gasteiger partial charge is 0.461 e. The van der Waals surface area contributed by atoms with Crippen LogP contribution in [0.2, 0.25) is 0 Å². The monoisotopic (exact) mass is 277 g/mol. The lowest BCUT2D eigenvalue weighted by Gasteiger charge is -2.35. The molecule has 0 bridgehead atoms. The van der Waals surface area contributed by atoms with E-state index in [-0.39, 0.29) is 5.97 Å². The quantitative estimate of drug-likeness (QED) is 0.768. The summed E-state index contributed by atoms with van der Waals surface area (Å²) >= 11 is 0. The number of esters is 1. The van der Waals surface area contributed by atoms with Crippen molar-refractivity contribution < 1.29 is 9.53 Å². The van der Waals surface area contributed by atoms with Crippen molar-refractivity contribution in [2.75, 3.05) is 44.2 Å². The van der Waals surface area contributed by atoms with Gasteiger partial charge in [-0.25, -0.2) is 9.78 Å². The number of hydrogen-bond acceptors (Lipinski definition) is 5. The van der Waals surface area contributed by atoms with Crippen LogP contribution in [0, 0.1) is 0 Å². The lowest BCUT2D eigenvalue weighted by molar-refractivity contribution is 0.0498. The van der Waals surface area contributed by atoms with Gasteiger partial charge in [0.05, 0.1) is 18.5 Å². The Balaban J connectivity index is 1.93. The Morgan fingerprint density at radius 3 is 2.55 bits per heavy atom. The summed E-state index contributed by atoms with van der Waals surface area (Å²) in [4.78, 5) is 20.6. The second-order valence-corrected chi connectivity index (χ2v) is 4.96. The lowest BCUT2D eigenvalue weighted by Crippen LogP contribution is -2.46. The number of piperazine rings is 1. The van der Waals surface area contributed by atoms with E-state index in [0.717, 1.165) is 44.8 Å². The van der Waals surface area contributed by atoms with Gasteiger partial charge in [-0.2, -0.15) is 0 Å². The van der Waals surface area contributed by atoms with E-state index in [1.54, 1.807) is 12.3 Å². The Bertz CT molecular complexity index is 425. The molecule has 2 rings (SSSR count). The standard InChI is InChI=1S/C15H23N3O2/c1-3-11-20-15(19)14-6-5-13(12-16-14)18-9-7-17(4-2)8-10-18/h5-6,12H,3-4,7-11H2,1-2H3. The fourth-order valence-electron chi connectivity index (χ4n) is 2.28. The second-order valence-electron chi connectivity index (χ2n) is 4.96. The predicted molar refractivity (Wildman–Crippen MR) is 79.1 cm³/mol. The van der Waals surface area contributed by atoms with Crippen LogP contribution in [0.3, 0.4) is 0 Å². The zero-order valence-electron chi connectivity index (χ0n) is 12.3. The summed E-state index contributed by atoms with van der Waals surface area (Å²) in [6.07, 6.45) is 2.59. The number of carbonyl (C=O) groups is 1. The molecule has 0 amide bonds. The van der Waals surface area contributed by atoms with E-state index in [9.17, 15) is 4.79 Å². The lowest BCUT2D eigenvalue weighted by atomic mass is 10.2. The third-order valence-electron chi connectivity index (χ3n) is 3.58. The molecule has 0 radical (unpaired) electrons. The Hall–Kier alpha value is -1.62. The van der Waals surface area contributed by atoms with E-state index < -0.39 is 0 Å². The molecule has 5 heteroatoms. The van der Waals surface area contributed by atoms with Crippen LogP contribution >= 0.6 is 0 Å². The maximum atomic E-state index is 11.7. The number of nitrogens with zero attached hydrogens (tertiary/aromatic N) is 3. The summed E-state index contributed by atoms with van der Waals surface area (Å²) in [5.74, 6) is -0.339. The van der Waals surface area contributed by atoms with Gasteiger partial charge in [-0.1, -0.05) is 13.8 Å². The SMILES string of the molecule is CCCOC(=O)c1ccc(N2CCN(CC)CC2)cn1. The van der Waals surface area contributed by atoms with E-state index in [4.69, 9.17) is 4.74 Å². The molecule has 20 heavy (non-hydrogen) atoms. The summed E-state index contributed by atoms with van der Waals surface area (Å²) in [6.45, 7) is 9.89. The van der Waals surface area contributed by atoms with Crippen molar-refractivity contribution in [3.8, 4) is 0 Å². The zero-order valence-corrected chi connectivity index (χ0v) is 12.3. The van der Waals surface area contributed by atoms with Gasteiger partial charge in [-0.3, -0.25) is 0 Å². The Morgan fingerprint density at radius 1 is 1.25 bits per heavy atom. The molecule has 2 heterocycles. The molecule has 1 aromatic rings. The molecule has 110 valence electrons. The normalized spacial score (nSPS) is 16.2.